The minimum atomic E-state index is -1.18. The highest BCUT2D eigenvalue weighted by molar-refractivity contribution is 5.74. The first-order valence-electron chi connectivity index (χ1n) is 10.5. The lowest BCUT2D eigenvalue weighted by molar-refractivity contribution is -0.270. The van der Waals surface area contributed by atoms with Gasteiger partial charge >= 0.3 is 23.9 Å². The summed E-state index contributed by atoms with van der Waals surface area (Å²) in [5, 5.41) is 5.29. The number of nitrogens with one attached hydrogen (secondary N) is 2. The quantitative estimate of drug-likeness (QED) is 0.246. The molecule has 5 atom stereocenters. The Morgan fingerprint density at radius 2 is 1.53 bits per heavy atom. The van der Waals surface area contributed by atoms with Crippen LogP contribution in [0.4, 0.5) is 9.18 Å². The molecule has 1 rings (SSSR count). The average molecular weight is 464 g/mol. The van der Waals surface area contributed by atoms with Gasteiger partial charge in [-0.05, 0) is 12.8 Å². The molecule has 0 aliphatic carbocycles. The second-order valence-corrected chi connectivity index (χ2v) is 7.26. The molecule has 0 radical (unpaired) electrons. The van der Waals surface area contributed by atoms with E-state index in [0.29, 0.717) is 19.4 Å². The topological polar surface area (TPSA) is 138 Å². The van der Waals surface area contributed by atoms with Crippen molar-refractivity contribution in [3.05, 3.63) is 0 Å². The zero-order chi connectivity index (χ0) is 24.1. The highest BCUT2D eigenvalue weighted by Gasteiger charge is 2.51. The molecule has 1 aliphatic heterocycles. The molecule has 2 N–H and O–H groups in total. The Kier molecular flexibility index (Phi) is 12.5. The fourth-order valence-electron chi connectivity index (χ4n) is 3.24. The summed E-state index contributed by atoms with van der Waals surface area (Å²) in [6.07, 6.45) is -1.81. The van der Waals surface area contributed by atoms with Crippen LogP contribution in [0.1, 0.15) is 46.5 Å². The summed E-state index contributed by atoms with van der Waals surface area (Å²) in [6.45, 7) is 3.22. The summed E-state index contributed by atoms with van der Waals surface area (Å²) < 4.78 is 38.8. The van der Waals surface area contributed by atoms with Crippen LogP contribution in [0.5, 0.6) is 0 Å². The first kappa shape index (κ1) is 27.6. The van der Waals surface area contributed by atoms with Crippen LogP contribution in [0.25, 0.3) is 0 Å². The Hall–Kier alpha value is -2.47. The Morgan fingerprint density at radius 3 is 2.09 bits per heavy atom. The minimum absolute atomic E-state index is 0.289. The van der Waals surface area contributed by atoms with E-state index in [1.807, 2.05) is 0 Å². The van der Waals surface area contributed by atoms with E-state index in [-0.39, 0.29) is 13.3 Å². The molecule has 0 spiro atoms. The van der Waals surface area contributed by atoms with E-state index in [2.05, 4.69) is 10.6 Å². The van der Waals surface area contributed by atoms with Crippen LogP contribution in [-0.4, -0.2) is 81.5 Å². The maximum atomic E-state index is 12.4. The van der Waals surface area contributed by atoms with Gasteiger partial charge in [0.1, 0.15) is 18.8 Å². The molecule has 1 aliphatic rings. The van der Waals surface area contributed by atoms with Crippen LogP contribution in [0.2, 0.25) is 0 Å². The highest BCUT2D eigenvalue weighted by atomic mass is 19.1. The van der Waals surface area contributed by atoms with Crippen molar-refractivity contribution in [1.82, 2.24) is 10.6 Å². The Balaban J connectivity index is 2.94. The molecule has 2 amide bonds. The Bertz CT molecular complexity index is 634. The van der Waals surface area contributed by atoms with Gasteiger partial charge < -0.3 is 34.3 Å². The summed E-state index contributed by atoms with van der Waals surface area (Å²) >= 11 is 0. The first-order chi connectivity index (χ1) is 15.2. The largest absolute Gasteiger partial charge is 0.463 e. The predicted molar refractivity (Wildman–Crippen MR) is 108 cm³/mol. The number of esters is 3. The fourth-order valence-corrected chi connectivity index (χ4v) is 3.24. The van der Waals surface area contributed by atoms with E-state index in [4.69, 9.17) is 23.7 Å². The lowest BCUT2D eigenvalue weighted by Gasteiger charge is -2.44. The molecule has 0 unspecified atom stereocenters. The van der Waals surface area contributed by atoms with Crippen molar-refractivity contribution in [2.24, 2.45) is 0 Å². The second kappa shape index (κ2) is 14.6. The molecular weight excluding hydrogens is 431 g/mol. The van der Waals surface area contributed by atoms with Crippen molar-refractivity contribution < 1.29 is 47.3 Å². The van der Waals surface area contributed by atoms with Gasteiger partial charge in [-0.1, -0.05) is 12.8 Å². The smallest absolute Gasteiger partial charge is 0.315 e. The average Bonchev–Trinajstić information content (AvgIpc) is 2.71. The Labute approximate surface area is 186 Å². The van der Waals surface area contributed by atoms with Gasteiger partial charge in [-0.15, -0.1) is 0 Å². The number of hydrogen-bond acceptors (Lipinski definition) is 9. The summed E-state index contributed by atoms with van der Waals surface area (Å²) in [5.41, 5.74) is 0. The standard InChI is InChI=1S/C20H33FN2O9/c1-12(24)29-11-15-17(30-13(2)25)18(31-14(3)26)16(19(28-4)32-15)23-20(27)22-10-8-6-5-7-9-21/h15-19H,5-11H2,1-4H3,(H2,22,23,27)/t15-,16-,17-,18-,19+/m1/s1. The van der Waals surface area contributed by atoms with Gasteiger partial charge in [0.2, 0.25) is 0 Å². The summed E-state index contributed by atoms with van der Waals surface area (Å²) in [6, 6.07) is -1.61. The maximum Gasteiger partial charge on any atom is 0.315 e. The summed E-state index contributed by atoms with van der Waals surface area (Å²) in [7, 11) is 1.32. The normalized spacial score (nSPS) is 24.8. The molecule has 1 fully saturated rings. The van der Waals surface area contributed by atoms with Crippen molar-refractivity contribution in [3.8, 4) is 0 Å². The molecule has 0 saturated carbocycles. The van der Waals surface area contributed by atoms with Crippen molar-refractivity contribution in [2.75, 3.05) is 26.9 Å². The number of halogens is 1. The first-order valence-corrected chi connectivity index (χ1v) is 10.5. The van der Waals surface area contributed by atoms with Gasteiger partial charge in [-0.25, -0.2) is 4.79 Å². The van der Waals surface area contributed by atoms with Gasteiger partial charge in [-0.2, -0.15) is 0 Å². The molecule has 1 heterocycles. The number of urea groups is 1. The number of unbranched alkanes of at least 4 members (excludes halogenated alkanes) is 3. The van der Waals surface area contributed by atoms with Gasteiger partial charge in [0, 0.05) is 34.4 Å². The van der Waals surface area contributed by atoms with Crippen LogP contribution in [-0.2, 0) is 38.1 Å². The zero-order valence-corrected chi connectivity index (χ0v) is 18.9. The molecular formula is C20H33FN2O9. The molecule has 1 saturated heterocycles. The fraction of sp³-hybridized carbons (Fsp3) is 0.800. The lowest BCUT2D eigenvalue weighted by Crippen LogP contribution is -2.67. The molecule has 0 aromatic carbocycles. The SMILES string of the molecule is CO[C@H]1O[C@H](COC(C)=O)[C@@H](OC(C)=O)[C@H](OC(C)=O)[C@H]1NC(=O)NCCCCCCF. The van der Waals surface area contributed by atoms with Gasteiger partial charge in [0.25, 0.3) is 0 Å². The van der Waals surface area contributed by atoms with Crippen molar-refractivity contribution >= 4 is 23.9 Å². The highest BCUT2D eigenvalue weighted by Crippen LogP contribution is 2.27. The third kappa shape index (κ3) is 9.77. The number of rotatable bonds is 12. The number of methoxy groups -OCH3 is 1. The molecule has 11 nitrogen and oxygen atoms in total. The molecule has 12 heteroatoms. The predicted octanol–water partition coefficient (Wildman–Crippen LogP) is 0.982. The van der Waals surface area contributed by atoms with Crippen LogP contribution >= 0.6 is 0 Å². The van der Waals surface area contributed by atoms with Crippen LogP contribution in [0, 0.1) is 0 Å². The third-order valence-corrected chi connectivity index (χ3v) is 4.58. The van der Waals surface area contributed by atoms with Crippen molar-refractivity contribution in [3.63, 3.8) is 0 Å². The van der Waals surface area contributed by atoms with Crippen LogP contribution in [0.3, 0.4) is 0 Å². The number of hydrogen-bond donors (Lipinski definition) is 2. The number of carbonyl (C=O) groups is 4. The molecule has 0 bridgehead atoms. The monoisotopic (exact) mass is 464 g/mol. The van der Waals surface area contributed by atoms with Crippen molar-refractivity contribution in [2.45, 2.75) is 77.1 Å². The van der Waals surface area contributed by atoms with Crippen LogP contribution < -0.4 is 10.6 Å². The third-order valence-electron chi connectivity index (χ3n) is 4.58. The van der Waals surface area contributed by atoms with Gasteiger partial charge in [0.15, 0.2) is 18.5 Å². The van der Waals surface area contributed by atoms with E-state index < -0.39 is 54.6 Å². The maximum absolute atomic E-state index is 12.4. The minimum Gasteiger partial charge on any atom is -0.463 e. The van der Waals surface area contributed by atoms with Crippen molar-refractivity contribution in [1.29, 1.82) is 0 Å². The number of alkyl halides is 1. The van der Waals surface area contributed by atoms with Gasteiger partial charge in [0.05, 0.1) is 6.67 Å². The molecule has 0 aromatic rings. The number of amides is 2. The summed E-state index contributed by atoms with van der Waals surface area (Å²) in [4.78, 5) is 47.1. The Morgan fingerprint density at radius 1 is 0.906 bits per heavy atom. The molecule has 184 valence electrons. The van der Waals surface area contributed by atoms with E-state index in [0.717, 1.165) is 26.7 Å². The zero-order valence-electron chi connectivity index (χ0n) is 18.9. The number of ether oxygens (including phenoxy) is 5. The molecule has 32 heavy (non-hydrogen) atoms. The number of carbonyl (C=O) groups excluding carboxylic acids is 4. The van der Waals surface area contributed by atoms with E-state index in [1.54, 1.807) is 0 Å². The van der Waals surface area contributed by atoms with E-state index in [1.165, 1.54) is 14.0 Å². The van der Waals surface area contributed by atoms with Gasteiger partial charge in [-0.3, -0.25) is 18.8 Å². The van der Waals surface area contributed by atoms with E-state index >= 15 is 0 Å². The molecule has 0 aromatic heterocycles. The lowest BCUT2D eigenvalue weighted by atomic mass is 9.96. The van der Waals surface area contributed by atoms with Crippen LogP contribution in [0.15, 0.2) is 0 Å². The second-order valence-electron chi connectivity index (χ2n) is 7.26. The summed E-state index contributed by atoms with van der Waals surface area (Å²) in [5.74, 6) is -1.95. The van der Waals surface area contributed by atoms with E-state index in [9.17, 15) is 23.6 Å².